The lowest BCUT2D eigenvalue weighted by Gasteiger charge is -2.16. The molecule has 1 aliphatic carbocycles. The first-order chi connectivity index (χ1) is 7.29. The maximum absolute atomic E-state index is 8.97. The molecule has 2 unspecified atom stereocenters. The summed E-state index contributed by atoms with van der Waals surface area (Å²) in [5.41, 5.74) is 1.13. The van der Waals surface area contributed by atoms with Gasteiger partial charge in [0.05, 0.1) is 12.0 Å². The van der Waals surface area contributed by atoms with E-state index in [-0.39, 0.29) is 5.92 Å². The van der Waals surface area contributed by atoms with Crippen molar-refractivity contribution in [3.8, 4) is 6.07 Å². The molecule has 0 aromatic heterocycles. The Kier molecular flexibility index (Phi) is 3.47. The molecule has 2 rings (SSSR count). The summed E-state index contributed by atoms with van der Waals surface area (Å²) in [6, 6.07) is 11.0. The van der Waals surface area contributed by atoms with Crippen LogP contribution >= 0.6 is 22.6 Å². The summed E-state index contributed by atoms with van der Waals surface area (Å²) in [6.45, 7) is 0. The molecular formula is C12H13IN2. The highest BCUT2D eigenvalue weighted by molar-refractivity contribution is 14.1. The molecule has 0 heterocycles. The van der Waals surface area contributed by atoms with Gasteiger partial charge in [-0.3, -0.25) is 0 Å². The molecule has 1 saturated carbocycles. The lowest BCUT2D eigenvalue weighted by Crippen LogP contribution is -2.22. The van der Waals surface area contributed by atoms with E-state index in [1.807, 2.05) is 0 Å². The number of hydrogen-bond acceptors (Lipinski definition) is 2. The van der Waals surface area contributed by atoms with E-state index in [0.717, 1.165) is 18.5 Å². The van der Waals surface area contributed by atoms with Gasteiger partial charge in [-0.25, -0.2) is 0 Å². The molecule has 1 aromatic carbocycles. The van der Waals surface area contributed by atoms with Crippen LogP contribution < -0.4 is 5.32 Å². The molecule has 0 bridgehead atoms. The molecule has 15 heavy (non-hydrogen) atoms. The van der Waals surface area contributed by atoms with Crippen LogP contribution in [-0.4, -0.2) is 6.04 Å². The van der Waals surface area contributed by atoms with E-state index in [1.54, 1.807) is 0 Å². The Bertz CT molecular complexity index is 366. The van der Waals surface area contributed by atoms with Crippen molar-refractivity contribution in [1.29, 1.82) is 5.26 Å². The van der Waals surface area contributed by atoms with E-state index in [0.29, 0.717) is 6.04 Å². The van der Waals surface area contributed by atoms with E-state index in [9.17, 15) is 0 Å². The van der Waals surface area contributed by atoms with Crippen LogP contribution in [0.25, 0.3) is 0 Å². The Morgan fingerprint density at radius 3 is 2.67 bits per heavy atom. The summed E-state index contributed by atoms with van der Waals surface area (Å²) in [7, 11) is 0. The molecule has 0 spiro atoms. The standard InChI is InChI=1S/C12H13IN2/c13-10-4-6-11(7-5-10)15-12-3-1-2-9(12)8-14/h4-7,9,12,15H,1-3H2. The van der Waals surface area contributed by atoms with Gasteiger partial charge >= 0.3 is 0 Å². The van der Waals surface area contributed by atoms with Crippen LogP contribution in [-0.2, 0) is 0 Å². The third-order valence-corrected chi connectivity index (χ3v) is 3.60. The normalized spacial score (nSPS) is 24.8. The summed E-state index contributed by atoms with van der Waals surface area (Å²) < 4.78 is 1.24. The third-order valence-electron chi connectivity index (χ3n) is 2.88. The van der Waals surface area contributed by atoms with Crippen molar-refractivity contribution < 1.29 is 0 Å². The van der Waals surface area contributed by atoms with Gasteiger partial charge in [0.25, 0.3) is 0 Å². The Morgan fingerprint density at radius 1 is 1.27 bits per heavy atom. The number of nitriles is 1. The minimum Gasteiger partial charge on any atom is -0.381 e. The van der Waals surface area contributed by atoms with E-state index in [1.165, 1.54) is 9.99 Å². The fourth-order valence-electron chi connectivity index (χ4n) is 2.05. The maximum atomic E-state index is 8.97. The van der Waals surface area contributed by atoms with Gasteiger partial charge < -0.3 is 5.32 Å². The lowest BCUT2D eigenvalue weighted by molar-refractivity contribution is 0.630. The summed E-state index contributed by atoms with van der Waals surface area (Å²) in [5.74, 6) is 0.185. The van der Waals surface area contributed by atoms with E-state index in [2.05, 4.69) is 58.2 Å². The monoisotopic (exact) mass is 312 g/mol. The molecule has 2 nitrogen and oxygen atoms in total. The molecular weight excluding hydrogens is 299 g/mol. The number of nitrogens with one attached hydrogen (secondary N) is 1. The molecule has 1 N–H and O–H groups in total. The van der Waals surface area contributed by atoms with Crippen LogP contribution in [0.3, 0.4) is 0 Å². The molecule has 1 aromatic rings. The van der Waals surface area contributed by atoms with Gasteiger partial charge in [-0.05, 0) is 66.1 Å². The fourth-order valence-corrected chi connectivity index (χ4v) is 2.41. The van der Waals surface area contributed by atoms with Crippen molar-refractivity contribution >= 4 is 28.3 Å². The average molecular weight is 312 g/mol. The highest BCUT2D eigenvalue weighted by Crippen LogP contribution is 2.28. The first-order valence-electron chi connectivity index (χ1n) is 5.21. The number of anilines is 1. The fraction of sp³-hybridized carbons (Fsp3) is 0.417. The van der Waals surface area contributed by atoms with Crippen LogP contribution in [0.5, 0.6) is 0 Å². The average Bonchev–Trinajstić information content (AvgIpc) is 2.69. The topological polar surface area (TPSA) is 35.8 Å². The Labute approximate surface area is 104 Å². The number of benzene rings is 1. The molecule has 0 aliphatic heterocycles. The second kappa shape index (κ2) is 4.84. The Balaban J connectivity index is 2.03. The van der Waals surface area contributed by atoms with E-state index < -0.39 is 0 Å². The van der Waals surface area contributed by atoms with Gasteiger partial charge in [0.1, 0.15) is 0 Å². The van der Waals surface area contributed by atoms with Gasteiger partial charge in [0, 0.05) is 15.3 Å². The predicted octanol–water partition coefficient (Wildman–Crippen LogP) is 3.40. The van der Waals surface area contributed by atoms with Crippen LogP contribution in [0.2, 0.25) is 0 Å². The quantitative estimate of drug-likeness (QED) is 0.850. The molecule has 78 valence electrons. The number of nitrogens with zero attached hydrogens (tertiary/aromatic N) is 1. The number of hydrogen-bond donors (Lipinski definition) is 1. The van der Waals surface area contributed by atoms with Crippen LogP contribution in [0, 0.1) is 20.8 Å². The van der Waals surface area contributed by atoms with Gasteiger partial charge in [0.15, 0.2) is 0 Å². The largest absolute Gasteiger partial charge is 0.381 e. The van der Waals surface area contributed by atoms with E-state index >= 15 is 0 Å². The summed E-state index contributed by atoms with van der Waals surface area (Å²) in [5, 5.41) is 12.4. The minimum atomic E-state index is 0.185. The molecule has 1 aliphatic rings. The van der Waals surface area contributed by atoms with Gasteiger partial charge in [-0.1, -0.05) is 0 Å². The van der Waals surface area contributed by atoms with Crippen LogP contribution in [0.4, 0.5) is 5.69 Å². The van der Waals surface area contributed by atoms with Crippen LogP contribution in [0.15, 0.2) is 24.3 Å². The highest BCUT2D eigenvalue weighted by Gasteiger charge is 2.26. The van der Waals surface area contributed by atoms with Crippen molar-refractivity contribution in [2.45, 2.75) is 25.3 Å². The van der Waals surface area contributed by atoms with Gasteiger partial charge in [-0.15, -0.1) is 0 Å². The van der Waals surface area contributed by atoms with Crippen molar-refractivity contribution in [1.82, 2.24) is 0 Å². The first kappa shape index (κ1) is 10.7. The third kappa shape index (κ3) is 2.63. The SMILES string of the molecule is N#CC1CCCC1Nc1ccc(I)cc1. The Hall–Kier alpha value is -0.760. The number of halogens is 1. The second-order valence-electron chi connectivity index (χ2n) is 3.92. The molecule has 3 heteroatoms. The molecule has 0 saturated heterocycles. The Morgan fingerprint density at radius 2 is 2.00 bits per heavy atom. The van der Waals surface area contributed by atoms with Crippen LogP contribution in [0.1, 0.15) is 19.3 Å². The zero-order valence-corrected chi connectivity index (χ0v) is 10.6. The zero-order valence-electron chi connectivity index (χ0n) is 8.41. The van der Waals surface area contributed by atoms with Crippen molar-refractivity contribution in [2.24, 2.45) is 5.92 Å². The lowest BCUT2D eigenvalue weighted by atomic mass is 10.1. The van der Waals surface area contributed by atoms with Crippen molar-refractivity contribution in [3.05, 3.63) is 27.8 Å². The number of rotatable bonds is 2. The molecule has 0 amide bonds. The molecule has 1 fully saturated rings. The van der Waals surface area contributed by atoms with Crippen molar-refractivity contribution in [2.75, 3.05) is 5.32 Å². The van der Waals surface area contributed by atoms with E-state index in [4.69, 9.17) is 5.26 Å². The smallest absolute Gasteiger partial charge is 0.0677 e. The summed E-state index contributed by atoms with van der Waals surface area (Å²) in [4.78, 5) is 0. The zero-order chi connectivity index (χ0) is 10.7. The molecule has 2 atom stereocenters. The predicted molar refractivity (Wildman–Crippen MR) is 69.5 cm³/mol. The second-order valence-corrected chi connectivity index (χ2v) is 5.17. The minimum absolute atomic E-state index is 0.185. The summed E-state index contributed by atoms with van der Waals surface area (Å²) in [6.07, 6.45) is 3.32. The maximum Gasteiger partial charge on any atom is 0.0677 e. The highest BCUT2D eigenvalue weighted by atomic mass is 127. The van der Waals surface area contributed by atoms with Crippen molar-refractivity contribution in [3.63, 3.8) is 0 Å². The summed E-state index contributed by atoms with van der Waals surface area (Å²) >= 11 is 2.29. The van der Waals surface area contributed by atoms with Gasteiger partial charge in [0.2, 0.25) is 0 Å². The van der Waals surface area contributed by atoms with Gasteiger partial charge in [-0.2, -0.15) is 5.26 Å². The molecule has 0 radical (unpaired) electrons. The first-order valence-corrected chi connectivity index (χ1v) is 6.29.